The van der Waals surface area contributed by atoms with Crippen molar-refractivity contribution in [1.82, 2.24) is 10.2 Å². The average molecular weight is 467 g/mol. The van der Waals surface area contributed by atoms with E-state index in [0.29, 0.717) is 39.3 Å². The summed E-state index contributed by atoms with van der Waals surface area (Å²) in [7, 11) is 1.51. The van der Waals surface area contributed by atoms with Crippen LogP contribution in [0.5, 0.6) is 11.5 Å². The summed E-state index contributed by atoms with van der Waals surface area (Å²) in [6, 6.07) is 9.97. The molecule has 30 heavy (non-hydrogen) atoms. The first kappa shape index (κ1) is 22.0. The van der Waals surface area contributed by atoms with Crippen LogP contribution >= 0.6 is 35.0 Å². The fraction of sp³-hybridized carbons (Fsp3) is 0.150. The molecule has 0 aliphatic carbocycles. The Morgan fingerprint density at radius 1 is 1.20 bits per heavy atom. The molecule has 7 nitrogen and oxygen atoms in total. The van der Waals surface area contributed by atoms with Gasteiger partial charge in [-0.05, 0) is 60.7 Å². The molecule has 0 radical (unpaired) electrons. The minimum absolute atomic E-state index is 0.0246. The van der Waals surface area contributed by atoms with Gasteiger partial charge in [-0.3, -0.25) is 0 Å². The van der Waals surface area contributed by atoms with E-state index in [1.165, 1.54) is 13.2 Å². The number of thioether (sulfide) groups is 1. The SMILES string of the molecule is CCOc1ccc(/C=C(\Sc2nnc(-c3cc(Cl)ccc3OC)o2)C(=O)O)cc1Cl. The van der Waals surface area contributed by atoms with Crippen LogP contribution in [0, 0.1) is 0 Å². The Kier molecular flexibility index (Phi) is 7.25. The van der Waals surface area contributed by atoms with Gasteiger partial charge in [-0.1, -0.05) is 29.3 Å². The van der Waals surface area contributed by atoms with E-state index in [4.69, 9.17) is 37.1 Å². The van der Waals surface area contributed by atoms with Crippen LogP contribution in [0.1, 0.15) is 12.5 Å². The van der Waals surface area contributed by atoms with Crippen LogP contribution in [-0.2, 0) is 4.79 Å². The third kappa shape index (κ3) is 5.27. The molecule has 0 bridgehead atoms. The van der Waals surface area contributed by atoms with Gasteiger partial charge in [0.1, 0.15) is 16.4 Å². The standard InChI is InChI=1S/C20H16Cl2N2O5S/c1-3-28-16-6-4-11(8-14(16)22)9-17(19(25)26)30-20-24-23-18(29-20)13-10-12(21)5-7-15(13)27-2/h4-10H,3H2,1-2H3,(H,25,26)/b17-9-. The summed E-state index contributed by atoms with van der Waals surface area (Å²) in [5.41, 5.74) is 1.09. The monoisotopic (exact) mass is 466 g/mol. The number of halogens is 2. The highest BCUT2D eigenvalue weighted by molar-refractivity contribution is 8.03. The highest BCUT2D eigenvalue weighted by Crippen LogP contribution is 2.35. The number of carboxylic acid groups (broad SMARTS) is 1. The molecule has 0 spiro atoms. The van der Waals surface area contributed by atoms with Crippen molar-refractivity contribution in [2.75, 3.05) is 13.7 Å². The summed E-state index contributed by atoms with van der Waals surface area (Å²) in [5, 5.41) is 18.4. The normalized spacial score (nSPS) is 11.4. The number of methoxy groups -OCH3 is 1. The van der Waals surface area contributed by atoms with Gasteiger partial charge in [0, 0.05) is 5.02 Å². The van der Waals surface area contributed by atoms with Gasteiger partial charge >= 0.3 is 5.97 Å². The first-order valence-electron chi connectivity index (χ1n) is 8.64. The molecular formula is C20H16Cl2N2O5S. The number of rotatable bonds is 8. The van der Waals surface area contributed by atoms with Crippen LogP contribution in [0.2, 0.25) is 10.0 Å². The lowest BCUT2D eigenvalue weighted by atomic mass is 10.2. The zero-order chi connectivity index (χ0) is 21.7. The Bertz CT molecular complexity index is 1100. The van der Waals surface area contributed by atoms with Crippen molar-refractivity contribution < 1.29 is 23.8 Å². The van der Waals surface area contributed by atoms with Gasteiger partial charge in [-0.2, -0.15) is 0 Å². The molecule has 0 saturated heterocycles. The van der Waals surface area contributed by atoms with Crippen molar-refractivity contribution in [3.05, 3.63) is 56.9 Å². The number of hydrogen-bond acceptors (Lipinski definition) is 7. The highest BCUT2D eigenvalue weighted by atomic mass is 35.5. The Morgan fingerprint density at radius 2 is 1.97 bits per heavy atom. The van der Waals surface area contributed by atoms with Gasteiger partial charge in [0.2, 0.25) is 0 Å². The zero-order valence-electron chi connectivity index (χ0n) is 15.9. The Morgan fingerprint density at radius 3 is 2.63 bits per heavy atom. The predicted octanol–water partition coefficient (Wildman–Crippen LogP) is 5.67. The molecule has 0 saturated carbocycles. The van der Waals surface area contributed by atoms with Gasteiger partial charge in [0.25, 0.3) is 11.1 Å². The second-order valence-corrected chi connectivity index (χ2v) is 7.59. The fourth-order valence-corrected chi connectivity index (χ4v) is 3.56. The topological polar surface area (TPSA) is 94.7 Å². The maximum absolute atomic E-state index is 11.7. The van der Waals surface area contributed by atoms with E-state index in [2.05, 4.69) is 10.2 Å². The molecule has 1 heterocycles. The van der Waals surface area contributed by atoms with Crippen molar-refractivity contribution in [1.29, 1.82) is 0 Å². The molecule has 0 unspecified atom stereocenters. The maximum Gasteiger partial charge on any atom is 0.342 e. The molecule has 0 fully saturated rings. The molecule has 0 aliphatic rings. The van der Waals surface area contributed by atoms with Gasteiger partial charge < -0.3 is 19.0 Å². The molecule has 0 aliphatic heterocycles. The molecular weight excluding hydrogens is 451 g/mol. The van der Waals surface area contributed by atoms with Gasteiger partial charge in [0.15, 0.2) is 0 Å². The van der Waals surface area contributed by atoms with E-state index in [-0.39, 0.29) is 16.0 Å². The largest absolute Gasteiger partial charge is 0.496 e. The second-order valence-electron chi connectivity index (χ2n) is 5.76. The Labute approximate surface area is 186 Å². The van der Waals surface area contributed by atoms with Crippen LogP contribution in [0.3, 0.4) is 0 Å². The quantitative estimate of drug-likeness (QED) is 0.335. The van der Waals surface area contributed by atoms with E-state index in [9.17, 15) is 9.90 Å². The van der Waals surface area contributed by atoms with Gasteiger partial charge in [-0.15, -0.1) is 10.2 Å². The minimum atomic E-state index is -1.15. The number of nitrogens with zero attached hydrogens (tertiary/aromatic N) is 2. The smallest absolute Gasteiger partial charge is 0.342 e. The van der Waals surface area contributed by atoms with Crippen molar-refractivity contribution >= 4 is 47.0 Å². The van der Waals surface area contributed by atoms with Crippen LogP contribution < -0.4 is 9.47 Å². The Hall–Kier alpha value is -2.68. The molecule has 3 aromatic rings. The van der Waals surface area contributed by atoms with E-state index >= 15 is 0 Å². The number of carboxylic acids is 1. The molecule has 3 rings (SSSR count). The van der Waals surface area contributed by atoms with Crippen LogP contribution in [0.15, 0.2) is 50.9 Å². The molecule has 1 N–H and O–H groups in total. The number of aromatic nitrogens is 2. The molecule has 10 heteroatoms. The maximum atomic E-state index is 11.7. The molecule has 0 atom stereocenters. The highest BCUT2D eigenvalue weighted by Gasteiger charge is 2.18. The molecule has 0 amide bonds. The first-order chi connectivity index (χ1) is 14.4. The third-order valence-corrected chi connectivity index (χ3v) is 5.14. The number of hydrogen-bond donors (Lipinski definition) is 1. The second kappa shape index (κ2) is 9.88. The van der Waals surface area contributed by atoms with Crippen molar-refractivity contribution in [2.45, 2.75) is 12.1 Å². The van der Waals surface area contributed by atoms with E-state index in [1.54, 1.807) is 36.4 Å². The summed E-state index contributed by atoms with van der Waals surface area (Å²) in [4.78, 5) is 11.7. The lowest BCUT2D eigenvalue weighted by molar-refractivity contribution is -0.131. The fourth-order valence-electron chi connectivity index (χ4n) is 2.47. The summed E-state index contributed by atoms with van der Waals surface area (Å²) < 4.78 is 16.3. The van der Waals surface area contributed by atoms with Crippen LogP contribution in [0.4, 0.5) is 0 Å². The van der Waals surface area contributed by atoms with Gasteiger partial charge in [0.05, 0.1) is 24.3 Å². The zero-order valence-corrected chi connectivity index (χ0v) is 18.2. The third-order valence-electron chi connectivity index (χ3n) is 3.76. The van der Waals surface area contributed by atoms with Crippen molar-refractivity contribution in [3.8, 4) is 23.0 Å². The summed E-state index contributed by atoms with van der Waals surface area (Å²) >= 11 is 13.0. The van der Waals surface area contributed by atoms with Crippen molar-refractivity contribution in [3.63, 3.8) is 0 Å². The number of ether oxygens (including phenoxy) is 2. The van der Waals surface area contributed by atoms with Crippen molar-refractivity contribution in [2.24, 2.45) is 0 Å². The van der Waals surface area contributed by atoms with Gasteiger partial charge in [-0.25, -0.2) is 4.79 Å². The Balaban J connectivity index is 1.87. The van der Waals surface area contributed by atoms with E-state index < -0.39 is 5.97 Å². The van der Waals surface area contributed by atoms with E-state index in [0.717, 1.165) is 11.8 Å². The minimum Gasteiger partial charge on any atom is -0.496 e. The molecule has 1 aromatic heterocycles. The molecule has 156 valence electrons. The van der Waals surface area contributed by atoms with E-state index in [1.807, 2.05) is 6.92 Å². The lowest BCUT2D eigenvalue weighted by Crippen LogP contribution is -1.97. The van der Waals surface area contributed by atoms with Crippen LogP contribution in [0.25, 0.3) is 17.5 Å². The lowest BCUT2D eigenvalue weighted by Gasteiger charge is -2.06. The number of benzene rings is 2. The predicted molar refractivity (Wildman–Crippen MR) is 115 cm³/mol. The summed E-state index contributed by atoms with van der Waals surface area (Å²) in [6.07, 6.45) is 1.46. The molecule has 2 aromatic carbocycles. The van der Waals surface area contributed by atoms with Crippen LogP contribution in [-0.4, -0.2) is 35.0 Å². The number of carbonyl (C=O) groups is 1. The first-order valence-corrected chi connectivity index (χ1v) is 10.2. The number of aliphatic carboxylic acids is 1. The summed E-state index contributed by atoms with van der Waals surface area (Å²) in [6.45, 7) is 2.32. The average Bonchev–Trinajstić information content (AvgIpc) is 3.18. The summed E-state index contributed by atoms with van der Waals surface area (Å²) in [5.74, 6) is 0.0336.